The van der Waals surface area contributed by atoms with Crippen LogP contribution >= 0.6 is 0 Å². The highest BCUT2D eigenvalue weighted by Crippen LogP contribution is 2.27. The molecule has 0 N–H and O–H groups in total. The van der Waals surface area contributed by atoms with Gasteiger partial charge in [-0.3, -0.25) is 4.79 Å². The molecule has 1 aromatic heterocycles. The van der Waals surface area contributed by atoms with E-state index in [1.807, 2.05) is 0 Å². The Balaban J connectivity index is 1.66. The van der Waals surface area contributed by atoms with Crippen molar-refractivity contribution in [2.45, 2.75) is 6.61 Å². The van der Waals surface area contributed by atoms with Gasteiger partial charge < -0.3 is 9.15 Å². The summed E-state index contributed by atoms with van der Waals surface area (Å²) >= 11 is 0. The van der Waals surface area contributed by atoms with Crippen molar-refractivity contribution >= 4 is 11.9 Å². The number of carbonyl (C=O) groups excluding carboxylic acids is 1. The Morgan fingerprint density at radius 2 is 1.57 bits per heavy atom. The zero-order chi connectivity index (χ0) is 20.3. The molecule has 0 aliphatic heterocycles. The fraction of sp³-hybridized carbons (Fsp3) is 0.0500. The van der Waals surface area contributed by atoms with Crippen LogP contribution in [0.1, 0.15) is 21.9 Å². The van der Waals surface area contributed by atoms with Crippen LogP contribution in [-0.2, 0) is 6.61 Å². The van der Waals surface area contributed by atoms with Gasteiger partial charge in [0, 0.05) is 11.6 Å². The van der Waals surface area contributed by atoms with E-state index >= 15 is 0 Å². The van der Waals surface area contributed by atoms with Crippen LogP contribution in [0.4, 0.5) is 22.0 Å². The minimum Gasteiger partial charge on any atom is -0.479 e. The fourth-order valence-electron chi connectivity index (χ4n) is 2.25. The lowest BCUT2D eigenvalue weighted by atomic mass is 10.1. The van der Waals surface area contributed by atoms with E-state index in [-0.39, 0.29) is 23.2 Å². The Kier molecular flexibility index (Phi) is 5.58. The molecular formula is C20H11F5O3. The van der Waals surface area contributed by atoms with Crippen LogP contribution in [0.5, 0.6) is 5.75 Å². The maximum Gasteiger partial charge on any atom is 0.203 e. The van der Waals surface area contributed by atoms with Crippen LogP contribution in [0.3, 0.4) is 0 Å². The maximum atomic E-state index is 13.5. The fourth-order valence-corrected chi connectivity index (χ4v) is 2.25. The van der Waals surface area contributed by atoms with Crippen LogP contribution in [0.25, 0.3) is 6.08 Å². The van der Waals surface area contributed by atoms with Crippen molar-refractivity contribution in [1.29, 1.82) is 0 Å². The second-order valence-corrected chi connectivity index (χ2v) is 5.59. The second kappa shape index (κ2) is 8.08. The standard InChI is InChI=1S/C20H11F5O3/c21-12-3-1-11(2-4-12)17(26)8-7-13-5-6-14(28-13)10-27-20-18(24)15(22)9-16(23)19(20)25/h1-9H,10H2/b8-7+. The number of halogens is 5. The summed E-state index contributed by atoms with van der Waals surface area (Å²) in [6, 6.07) is 7.87. The van der Waals surface area contributed by atoms with Gasteiger partial charge in [0.1, 0.15) is 23.9 Å². The number of allylic oxidation sites excluding steroid dienone is 1. The summed E-state index contributed by atoms with van der Waals surface area (Å²) in [5.74, 6) is -8.23. The quantitative estimate of drug-likeness (QED) is 0.242. The highest BCUT2D eigenvalue weighted by Gasteiger charge is 2.21. The van der Waals surface area contributed by atoms with Gasteiger partial charge in [0.15, 0.2) is 23.2 Å². The topological polar surface area (TPSA) is 39.4 Å². The molecule has 0 fully saturated rings. The zero-order valence-corrected chi connectivity index (χ0v) is 14.0. The highest BCUT2D eigenvalue weighted by atomic mass is 19.2. The van der Waals surface area contributed by atoms with Crippen LogP contribution in [0.2, 0.25) is 0 Å². The predicted molar refractivity (Wildman–Crippen MR) is 89.1 cm³/mol. The van der Waals surface area contributed by atoms with E-state index in [9.17, 15) is 26.7 Å². The van der Waals surface area contributed by atoms with Gasteiger partial charge in [-0.15, -0.1) is 0 Å². The molecule has 0 bridgehead atoms. The number of furan rings is 1. The average molecular weight is 394 g/mol. The van der Waals surface area contributed by atoms with Gasteiger partial charge in [-0.2, -0.15) is 8.78 Å². The largest absolute Gasteiger partial charge is 0.479 e. The lowest BCUT2D eigenvalue weighted by Crippen LogP contribution is -2.03. The maximum absolute atomic E-state index is 13.5. The number of hydrogen-bond acceptors (Lipinski definition) is 3. The van der Waals surface area contributed by atoms with Crippen molar-refractivity contribution in [3.63, 3.8) is 0 Å². The zero-order valence-electron chi connectivity index (χ0n) is 14.0. The molecule has 0 unspecified atom stereocenters. The number of benzene rings is 2. The predicted octanol–water partition coefficient (Wildman–Crippen LogP) is 5.45. The summed E-state index contributed by atoms with van der Waals surface area (Å²) in [5.41, 5.74) is 0.270. The Morgan fingerprint density at radius 1 is 0.929 bits per heavy atom. The van der Waals surface area contributed by atoms with E-state index in [0.717, 1.165) is 12.1 Å². The van der Waals surface area contributed by atoms with Gasteiger partial charge in [0.05, 0.1) is 0 Å². The summed E-state index contributed by atoms with van der Waals surface area (Å²) in [7, 11) is 0. The van der Waals surface area contributed by atoms with Gasteiger partial charge in [-0.25, -0.2) is 13.2 Å². The Bertz CT molecular complexity index is 1010. The van der Waals surface area contributed by atoms with E-state index in [1.54, 1.807) is 0 Å². The minimum atomic E-state index is -1.66. The van der Waals surface area contributed by atoms with Gasteiger partial charge in [-0.05, 0) is 48.6 Å². The van der Waals surface area contributed by atoms with Gasteiger partial charge in [0.25, 0.3) is 0 Å². The Morgan fingerprint density at radius 3 is 2.21 bits per heavy atom. The lowest BCUT2D eigenvalue weighted by molar-refractivity contribution is 0.104. The molecule has 144 valence electrons. The van der Waals surface area contributed by atoms with Crippen LogP contribution in [-0.4, -0.2) is 5.78 Å². The third kappa shape index (κ3) is 4.28. The summed E-state index contributed by atoms with van der Waals surface area (Å²) < 4.78 is 76.3. The van der Waals surface area contributed by atoms with Crippen molar-refractivity contribution in [2.75, 3.05) is 0 Å². The summed E-state index contributed by atoms with van der Waals surface area (Å²) in [6.45, 7) is -0.503. The van der Waals surface area contributed by atoms with Gasteiger partial charge >= 0.3 is 0 Å². The van der Waals surface area contributed by atoms with Crippen molar-refractivity contribution in [3.05, 3.63) is 94.7 Å². The molecule has 3 rings (SSSR count). The normalized spacial score (nSPS) is 11.2. The van der Waals surface area contributed by atoms with Crippen LogP contribution in [0, 0.1) is 29.1 Å². The number of ether oxygens (including phenoxy) is 1. The van der Waals surface area contributed by atoms with Crippen molar-refractivity contribution in [2.24, 2.45) is 0 Å². The first kappa shape index (κ1) is 19.3. The molecule has 0 spiro atoms. The third-order valence-electron chi connectivity index (χ3n) is 3.64. The second-order valence-electron chi connectivity index (χ2n) is 5.59. The van der Waals surface area contributed by atoms with Crippen molar-refractivity contribution in [3.8, 4) is 5.75 Å². The smallest absolute Gasteiger partial charge is 0.203 e. The Hall–Kier alpha value is -3.42. The average Bonchev–Trinajstić information content (AvgIpc) is 3.13. The highest BCUT2D eigenvalue weighted by molar-refractivity contribution is 6.06. The number of hydrogen-bond donors (Lipinski definition) is 0. The van der Waals surface area contributed by atoms with Crippen molar-refractivity contribution in [1.82, 2.24) is 0 Å². The molecule has 0 saturated heterocycles. The van der Waals surface area contributed by atoms with Gasteiger partial charge in [-0.1, -0.05) is 0 Å². The van der Waals surface area contributed by atoms with E-state index in [2.05, 4.69) is 0 Å². The molecule has 0 atom stereocenters. The summed E-state index contributed by atoms with van der Waals surface area (Å²) in [4.78, 5) is 12.0. The van der Waals surface area contributed by atoms with Gasteiger partial charge in [0.2, 0.25) is 11.6 Å². The molecule has 3 nitrogen and oxygen atoms in total. The SMILES string of the molecule is O=C(/C=C/c1ccc(COc2c(F)c(F)cc(F)c2F)o1)c1ccc(F)cc1. The number of rotatable bonds is 6. The first-order valence-electron chi connectivity index (χ1n) is 7.87. The van der Waals surface area contributed by atoms with E-state index < -0.39 is 47.2 Å². The molecule has 3 aromatic rings. The van der Waals surface area contributed by atoms with E-state index in [4.69, 9.17) is 9.15 Å². The summed E-state index contributed by atoms with van der Waals surface area (Å²) in [5, 5.41) is 0. The molecule has 0 radical (unpaired) electrons. The number of carbonyl (C=O) groups is 1. The third-order valence-corrected chi connectivity index (χ3v) is 3.64. The van der Waals surface area contributed by atoms with Crippen LogP contribution < -0.4 is 4.74 Å². The molecule has 0 amide bonds. The summed E-state index contributed by atoms with van der Waals surface area (Å²) in [6.07, 6.45) is 2.52. The monoisotopic (exact) mass is 394 g/mol. The molecule has 8 heteroatoms. The van der Waals surface area contributed by atoms with E-state index in [0.29, 0.717) is 0 Å². The first-order valence-corrected chi connectivity index (χ1v) is 7.87. The molecule has 1 heterocycles. The van der Waals surface area contributed by atoms with E-state index in [1.165, 1.54) is 36.4 Å². The molecule has 28 heavy (non-hydrogen) atoms. The molecule has 2 aromatic carbocycles. The first-order chi connectivity index (χ1) is 13.3. The Labute approximate surface area is 155 Å². The molecule has 0 aliphatic carbocycles. The molecular weight excluding hydrogens is 383 g/mol. The lowest BCUT2D eigenvalue weighted by Gasteiger charge is -2.08. The molecule has 0 saturated carbocycles. The minimum absolute atomic E-state index is 0.0749. The number of ketones is 1. The van der Waals surface area contributed by atoms with Crippen LogP contribution in [0.15, 0.2) is 53.0 Å². The molecule has 0 aliphatic rings. The van der Waals surface area contributed by atoms with Crippen molar-refractivity contribution < 1.29 is 35.9 Å².